The van der Waals surface area contributed by atoms with E-state index in [1.54, 1.807) is 17.0 Å². The van der Waals surface area contributed by atoms with Crippen LogP contribution in [0.1, 0.15) is 28.8 Å². The highest BCUT2D eigenvalue weighted by molar-refractivity contribution is 5.94. The predicted octanol–water partition coefficient (Wildman–Crippen LogP) is 4.01. The molecule has 1 N–H and O–H groups in total. The summed E-state index contributed by atoms with van der Waals surface area (Å²) in [5, 5.41) is 5.21. The van der Waals surface area contributed by atoms with Crippen molar-refractivity contribution in [3.63, 3.8) is 0 Å². The fourth-order valence-corrected chi connectivity index (χ4v) is 3.10. The minimum absolute atomic E-state index is 0.0805. The maximum absolute atomic E-state index is 12.4. The Kier molecular flexibility index (Phi) is 6.21. The molecule has 0 unspecified atom stereocenters. The molecule has 138 valence electrons. The van der Waals surface area contributed by atoms with Crippen molar-refractivity contribution in [2.24, 2.45) is 0 Å². The standard InChI is InChI=1S/C23H24N2O2/c1-25(17-20-13-7-12-18-9-5-6-14-21(18)20)22(26)15-8-16-24-23(27)19-10-3-2-4-11-19/h2-7,9-14H,8,15-17H2,1H3,(H,24,27). The van der Waals surface area contributed by atoms with Gasteiger partial charge in [0.2, 0.25) is 5.91 Å². The first-order valence-corrected chi connectivity index (χ1v) is 9.19. The van der Waals surface area contributed by atoms with Crippen LogP contribution >= 0.6 is 0 Å². The monoisotopic (exact) mass is 360 g/mol. The van der Waals surface area contributed by atoms with Crippen LogP contribution in [0.3, 0.4) is 0 Å². The lowest BCUT2D eigenvalue weighted by Crippen LogP contribution is -2.28. The maximum atomic E-state index is 12.4. The zero-order valence-electron chi connectivity index (χ0n) is 15.5. The van der Waals surface area contributed by atoms with E-state index in [9.17, 15) is 9.59 Å². The highest BCUT2D eigenvalue weighted by Crippen LogP contribution is 2.19. The molecule has 4 heteroatoms. The van der Waals surface area contributed by atoms with Gasteiger partial charge in [-0.25, -0.2) is 0 Å². The summed E-state index contributed by atoms with van der Waals surface area (Å²) in [7, 11) is 1.83. The average Bonchev–Trinajstić information content (AvgIpc) is 2.71. The van der Waals surface area contributed by atoms with Gasteiger partial charge in [-0.05, 0) is 34.9 Å². The zero-order chi connectivity index (χ0) is 19.1. The highest BCUT2D eigenvalue weighted by Gasteiger charge is 2.11. The van der Waals surface area contributed by atoms with Crippen molar-refractivity contribution in [3.05, 3.63) is 83.9 Å². The molecule has 0 atom stereocenters. The summed E-state index contributed by atoms with van der Waals surface area (Å²) in [6, 6.07) is 23.5. The summed E-state index contributed by atoms with van der Waals surface area (Å²) in [6.07, 6.45) is 1.04. The first kappa shape index (κ1) is 18.6. The number of carbonyl (C=O) groups excluding carboxylic acids is 2. The molecule has 2 amide bonds. The van der Waals surface area contributed by atoms with Gasteiger partial charge in [0.25, 0.3) is 5.91 Å². The average molecular weight is 360 g/mol. The number of nitrogens with one attached hydrogen (secondary N) is 1. The zero-order valence-corrected chi connectivity index (χ0v) is 15.5. The second-order valence-corrected chi connectivity index (χ2v) is 6.61. The summed E-state index contributed by atoms with van der Waals surface area (Å²) >= 11 is 0. The Hall–Kier alpha value is -3.14. The van der Waals surface area contributed by atoms with E-state index in [0.717, 1.165) is 5.56 Å². The largest absolute Gasteiger partial charge is 0.352 e. The van der Waals surface area contributed by atoms with Crippen molar-refractivity contribution in [1.29, 1.82) is 0 Å². The lowest BCUT2D eigenvalue weighted by Gasteiger charge is -2.18. The van der Waals surface area contributed by atoms with Crippen LogP contribution in [0.2, 0.25) is 0 Å². The summed E-state index contributed by atoms with van der Waals surface area (Å²) in [5.74, 6) is -0.0240. The van der Waals surface area contributed by atoms with Gasteiger partial charge in [0.05, 0.1) is 0 Å². The molecule has 3 aromatic carbocycles. The summed E-state index contributed by atoms with van der Waals surface area (Å²) < 4.78 is 0. The summed E-state index contributed by atoms with van der Waals surface area (Å²) in [5.41, 5.74) is 1.78. The number of nitrogens with zero attached hydrogens (tertiary/aromatic N) is 1. The number of hydrogen-bond acceptors (Lipinski definition) is 2. The molecule has 0 aliphatic rings. The van der Waals surface area contributed by atoms with Gasteiger partial charge in [0.1, 0.15) is 0 Å². The normalized spacial score (nSPS) is 10.6. The smallest absolute Gasteiger partial charge is 0.251 e. The van der Waals surface area contributed by atoms with Gasteiger partial charge < -0.3 is 10.2 Å². The SMILES string of the molecule is CN(Cc1cccc2ccccc12)C(=O)CCCNC(=O)c1ccccc1. The van der Waals surface area contributed by atoms with E-state index in [1.807, 2.05) is 43.4 Å². The number of carbonyl (C=O) groups is 2. The van der Waals surface area contributed by atoms with Crippen LogP contribution in [0, 0.1) is 0 Å². The third-order valence-corrected chi connectivity index (χ3v) is 4.60. The van der Waals surface area contributed by atoms with Crippen LogP contribution < -0.4 is 5.32 Å². The number of hydrogen-bond donors (Lipinski definition) is 1. The maximum Gasteiger partial charge on any atom is 0.251 e. The fourth-order valence-electron chi connectivity index (χ4n) is 3.10. The van der Waals surface area contributed by atoms with Gasteiger partial charge in [0, 0.05) is 32.1 Å². The van der Waals surface area contributed by atoms with Gasteiger partial charge in [-0.1, -0.05) is 60.7 Å². The molecule has 0 saturated carbocycles. The van der Waals surface area contributed by atoms with Crippen molar-refractivity contribution >= 4 is 22.6 Å². The Morgan fingerprint density at radius 1 is 0.889 bits per heavy atom. The number of benzene rings is 3. The number of rotatable bonds is 7. The Balaban J connectivity index is 1.47. The molecular weight excluding hydrogens is 336 g/mol. The van der Waals surface area contributed by atoms with E-state index >= 15 is 0 Å². The van der Waals surface area contributed by atoms with Crippen LogP contribution in [0.4, 0.5) is 0 Å². The molecule has 0 aliphatic carbocycles. The molecular formula is C23H24N2O2. The minimum atomic E-state index is -0.104. The highest BCUT2D eigenvalue weighted by atomic mass is 16.2. The van der Waals surface area contributed by atoms with Crippen molar-refractivity contribution in [2.45, 2.75) is 19.4 Å². The molecule has 27 heavy (non-hydrogen) atoms. The van der Waals surface area contributed by atoms with E-state index in [0.29, 0.717) is 31.5 Å². The lowest BCUT2D eigenvalue weighted by atomic mass is 10.0. The Labute approximate surface area is 159 Å². The third kappa shape index (κ3) is 4.94. The van der Waals surface area contributed by atoms with Gasteiger partial charge in [-0.2, -0.15) is 0 Å². The van der Waals surface area contributed by atoms with Crippen LogP contribution in [-0.2, 0) is 11.3 Å². The van der Waals surface area contributed by atoms with Gasteiger partial charge in [0.15, 0.2) is 0 Å². The summed E-state index contributed by atoms with van der Waals surface area (Å²) in [6.45, 7) is 1.07. The lowest BCUT2D eigenvalue weighted by molar-refractivity contribution is -0.130. The second-order valence-electron chi connectivity index (χ2n) is 6.61. The van der Waals surface area contributed by atoms with Crippen LogP contribution in [-0.4, -0.2) is 30.3 Å². The molecule has 0 saturated heterocycles. The Morgan fingerprint density at radius 3 is 2.41 bits per heavy atom. The predicted molar refractivity (Wildman–Crippen MR) is 108 cm³/mol. The molecule has 4 nitrogen and oxygen atoms in total. The van der Waals surface area contributed by atoms with Crippen molar-refractivity contribution in [1.82, 2.24) is 10.2 Å². The van der Waals surface area contributed by atoms with Crippen LogP contribution in [0.5, 0.6) is 0 Å². The molecule has 0 radical (unpaired) electrons. The molecule has 3 rings (SSSR count). The summed E-state index contributed by atoms with van der Waals surface area (Å²) in [4.78, 5) is 26.1. The molecule has 0 heterocycles. The molecule has 3 aromatic rings. The first-order chi connectivity index (χ1) is 13.1. The van der Waals surface area contributed by atoms with Gasteiger partial charge in [-0.15, -0.1) is 0 Å². The van der Waals surface area contributed by atoms with E-state index in [-0.39, 0.29) is 11.8 Å². The molecule has 0 spiro atoms. The molecule has 0 aliphatic heterocycles. The minimum Gasteiger partial charge on any atom is -0.352 e. The van der Waals surface area contributed by atoms with Crippen molar-refractivity contribution in [2.75, 3.05) is 13.6 Å². The molecule has 0 bridgehead atoms. The molecule has 0 fully saturated rings. The van der Waals surface area contributed by atoms with E-state index < -0.39 is 0 Å². The number of fused-ring (bicyclic) bond motifs is 1. The fraction of sp³-hybridized carbons (Fsp3) is 0.217. The molecule has 0 aromatic heterocycles. The third-order valence-electron chi connectivity index (χ3n) is 4.60. The van der Waals surface area contributed by atoms with Gasteiger partial charge >= 0.3 is 0 Å². The Morgan fingerprint density at radius 2 is 1.59 bits per heavy atom. The van der Waals surface area contributed by atoms with E-state index in [1.165, 1.54) is 10.8 Å². The topological polar surface area (TPSA) is 49.4 Å². The second kappa shape index (κ2) is 8.99. The van der Waals surface area contributed by atoms with Crippen molar-refractivity contribution < 1.29 is 9.59 Å². The first-order valence-electron chi connectivity index (χ1n) is 9.19. The van der Waals surface area contributed by atoms with E-state index in [2.05, 4.69) is 29.6 Å². The van der Waals surface area contributed by atoms with Crippen molar-refractivity contribution in [3.8, 4) is 0 Å². The van der Waals surface area contributed by atoms with E-state index in [4.69, 9.17) is 0 Å². The van der Waals surface area contributed by atoms with Crippen LogP contribution in [0.15, 0.2) is 72.8 Å². The Bertz CT molecular complexity index is 917. The van der Waals surface area contributed by atoms with Gasteiger partial charge in [-0.3, -0.25) is 9.59 Å². The quantitative estimate of drug-likeness (QED) is 0.647. The van der Waals surface area contributed by atoms with Crippen LogP contribution in [0.25, 0.3) is 10.8 Å². The number of amides is 2.